The number of aromatic amines is 1. The van der Waals surface area contributed by atoms with Crippen molar-refractivity contribution < 1.29 is 23.7 Å². The molecule has 156 valence electrons. The number of amides is 1. The van der Waals surface area contributed by atoms with Gasteiger partial charge in [-0.05, 0) is 35.9 Å². The van der Waals surface area contributed by atoms with Crippen LogP contribution >= 0.6 is 0 Å². The second kappa shape index (κ2) is 9.46. The standard InChI is InChI=1S/C21H22N4O5/c1-27-14-6-7-17(18(12-14)30-4)20-23-21(25-24-20)22-19(26)8-5-13-9-15(28-2)11-16(10-13)29-3/h5-12H,1-4H3,(H2,22,23,24,25,26). The molecule has 0 aliphatic rings. The summed E-state index contributed by atoms with van der Waals surface area (Å²) < 4.78 is 21.0. The minimum Gasteiger partial charge on any atom is -0.497 e. The van der Waals surface area contributed by atoms with Crippen LogP contribution in [0.15, 0.2) is 42.5 Å². The average molecular weight is 410 g/mol. The molecule has 0 radical (unpaired) electrons. The molecule has 9 heteroatoms. The van der Waals surface area contributed by atoms with Crippen molar-refractivity contribution in [3.05, 3.63) is 48.0 Å². The molecule has 0 saturated carbocycles. The van der Waals surface area contributed by atoms with Crippen LogP contribution in [-0.4, -0.2) is 49.5 Å². The van der Waals surface area contributed by atoms with E-state index in [2.05, 4.69) is 20.5 Å². The molecule has 0 aliphatic heterocycles. The molecule has 2 N–H and O–H groups in total. The van der Waals surface area contributed by atoms with Gasteiger partial charge in [-0.1, -0.05) is 0 Å². The lowest BCUT2D eigenvalue weighted by Crippen LogP contribution is -2.09. The fourth-order valence-electron chi connectivity index (χ4n) is 2.68. The number of rotatable bonds is 8. The number of ether oxygens (including phenoxy) is 4. The van der Waals surface area contributed by atoms with Crippen molar-refractivity contribution >= 4 is 17.9 Å². The van der Waals surface area contributed by atoms with Gasteiger partial charge < -0.3 is 18.9 Å². The molecule has 0 saturated heterocycles. The molecule has 0 fully saturated rings. The minimum absolute atomic E-state index is 0.140. The van der Waals surface area contributed by atoms with Gasteiger partial charge in [0.1, 0.15) is 23.0 Å². The van der Waals surface area contributed by atoms with Crippen molar-refractivity contribution in [3.63, 3.8) is 0 Å². The van der Waals surface area contributed by atoms with E-state index in [4.69, 9.17) is 18.9 Å². The second-order valence-corrected chi connectivity index (χ2v) is 6.04. The van der Waals surface area contributed by atoms with E-state index >= 15 is 0 Å². The Morgan fingerprint density at radius 1 is 0.933 bits per heavy atom. The van der Waals surface area contributed by atoms with Gasteiger partial charge in [0, 0.05) is 18.2 Å². The largest absolute Gasteiger partial charge is 0.497 e. The Kier molecular flexibility index (Phi) is 6.53. The third kappa shape index (κ3) is 4.88. The topological polar surface area (TPSA) is 108 Å². The number of anilines is 1. The van der Waals surface area contributed by atoms with Gasteiger partial charge in [-0.15, -0.1) is 5.10 Å². The summed E-state index contributed by atoms with van der Waals surface area (Å²) in [6.07, 6.45) is 3.01. The van der Waals surface area contributed by atoms with E-state index in [1.165, 1.54) is 6.08 Å². The predicted octanol–water partition coefficient (Wildman–Crippen LogP) is 3.16. The number of carbonyl (C=O) groups excluding carboxylic acids is 1. The van der Waals surface area contributed by atoms with Crippen LogP contribution in [0.25, 0.3) is 17.5 Å². The molecule has 30 heavy (non-hydrogen) atoms. The number of hydrogen-bond acceptors (Lipinski definition) is 7. The molecule has 2 aromatic carbocycles. The summed E-state index contributed by atoms with van der Waals surface area (Å²) in [7, 11) is 6.25. The number of benzene rings is 2. The first-order valence-electron chi connectivity index (χ1n) is 8.93. The van der Waals surface area contributed by atoms with Crippen LogP contribution in [0.2, 0.25) is 0 Å². The molecule has 9 nitrogen and oxygen atoms in total. The molecule has 0 spiro atoms. The van der Waals surface area contributed by atoms with Gasteiger partial charge in [-0.2, -0.15) is 4.98 Å². The Morgan fingerprint density at radius 3 is 2.27 bits per heavy atom. The molecule has 1 amide bonds. The van der Waals surface area contributed by atoms with E-state index < -0.39 is 0 Å². The smallest absolute Gasteiger partial charge is 0.250 e. The first kappa shape index (κ1) is 20.7. The van der Waals surface area contributed by atoms with Crippen molar-refractivity contribution in [2.24, 2.45) is 0 Å². The lowest BCUT2D eigenvalue weighted by atomic mass is 10.2. The zero-order valence-electron chi connectivity index (χ0n) is 17.1. The Balaban J connectivity index is 1.72. The van der Waals surface area contributed by atoms with E-state index in [1.54, 1.807) is 70.9 Å². The van der Waals surface area contributed by atoms with Crippen LogP contribution in [-0.2, 0) is 4.79 Å². The zero-order valence-corrected chi connectivity index (χ0v) is 17.1. The van der Waals surface area contributed by atoms with Gasteiger partial charge in [-0.3, -0.25) is 15.2 Å². The summed E-state index contributed by atoms with van der Waals surface area (Å²) in [6, 6.07) is 10.6. The second-order valence-electron chi connectivity index (χ2n) is 6.04. The number of H-pyrrole nitrogens is 1. The van der Waals surface area contributed by atoms with Crippen LogP contribution in [0.4, 0.5) is 5.95 Å². The van der Waals surface area contributed by atoms with Gasteiger partial charge >= 0.3 is 0 Å². The van der Waals surface area contributed by atoms with Crippen molar-refractivity contribution in [3.8, 4) is 34.4 Å². The Morgan fingerprint density at radius 2 is 1.63 bits per heavy atom. The van der Waals surface area contributed by atoms with Crippen molar-refractivity contribution in [2.45, 2.75) is 0 Å². The monoisotopic (exact) mass is 410 g/mol. The van der Waals surface area contributed by atoms with Gasteiger partial charge in [0.05, 0.1) is 34.0 Å². The normalized spacial score (nSPS) is 10.7. The molecule has 3 aromatic rings. The van der Waals surface area contributed by atoms with Gasteiger partial charge in [0.15, 0.2) is 5.82 Å². The fraction of sp³-hybridized carbons (Fsp3) is 0.190. The van der Waals surface area contributed by atoms with E-state index in [0.29, 0.717) is 34.4 Å². The molecular formula is C21H22N4O5. The third-order valence-corrected chi connectivity index (χ3v) is 4.19. The third-order valence-electron chi connectivity index (χ3n) is 4.19. The number of hydrogen-bond donors (Lipinski definition) is 2. The summed E-state index contributed by atoms with van der Waals surface area (Å²) in [5.41, 5.74) is 1.44. The predicted molar refractivity (Wildman–Crippen MR) is 112 cm³/mol. The van der Waals surface area contributed by atoms with Crippen LogP contribution in [0.5, 0.6) is 23.0 Å². The van der Waals surface area contributed by atoms with Crippen molar-refractivity contribution in [1.29, 1.82) is 0 Å². The molecule has 0 bridgehead atoms. The lowest BCUT2D eigenvalue weighted by molar-refractivity contribution is -0.111. The molecule has 0 unspecified atom stereocenters. The number of methoxy groups -OCH3 is 4. The van der Waals surface area contributed by atoms with Gasteiger partial charge in [-0.25, -0.2) is 0 Å². The summed E-state index contributed by atoms with van der Waals surface area (Å²) in [5, 5.41) is 9.43. The number of carbonyl (C=O) groups is 1. The van der Waals surface area contributed by atoms with Crippen LogP contribution in [0.1, 0.15) is 5.56 Å². The first-order chi connectivity index (χ1) is 14.6. The molecule has 1 aromatic heterocycles. The Labute approximate surface area is 173 Å². The quantitative estimate of drug-likeness (QED) is 0.549. The van der Waals surface area contributed by atoms with Crippen LogP contribution < -0.4 is 24.3 Å². The highest BCUT2D eigenvalue weighted by molar-refractivity contribution is 6.01. The Hall–Kier alpha value is -4.01. The highest BCUT2D eigenvalue weighted by atomic mass is 16.5. The van der Waals surface area contributed by atoms with E-state index in [9.17, 15) is 4.79 Å². The summed E-state index contributed by atoms with van der Waals surface area (Å²) in [6.45, 7) is 0. The van der Waals surface area contributed by atoms with E-state index in [-0.39, 0.29) is 11.9 Å². The van der Waals surface area contributed by atoms with Crippen LogP contribution in [0.3, 0.4) is 0 Å². The summed E-state index contributed by atoms with van der Waals surface area (Å²) in [5.74, 6) is 2.68. The lowest BCUT2D eigenvalue weighted by Gasteiger charge is -2.07. The van der Waals surface area contributed by atoms with Gasteiger partial charge in [0.25, 0.3) is 5.91 Å². The molecule has 1 heterocycles. The maximum Gasteiger partial charge on any atom is 0.250 e. The molecule has 0 aliphatic carbocycles. The zero-order chi connectivity index (χ0) is 21.5. The SMILES string of the molecule is COc1cc(C=CC(=O)Nc2n[nH]c(-c3ccc(OC)cc3OC)n2)cc(OC)c1. The maximum absolute atomic E-state index is 12.3. The summed E-state index contributed by atoms with van der Waals surface area (Å²) >= 11 is 0. The summed E-state index contributed by atoms with van der Waals surface area (Å²) in [4.78, 5) is 16.6. The van der Waals surface area contributed by atoms with Gasteiger partial charge in [0.2, 0.25) is 5.95 Å². The van der Waals surface area contributed by atoms with Crippen molar-refractivity contribution in [2.75, 3.05) is 33.8 Å². The fourth-order valence-corrected chi connectivity index (χ4v) is 2.68. The molecule has 3 rings (SSSR count). The van der Waals surface area contributed by atoms with Crippen molar-refractivity contribution in [1.82, 2.24) is 15.2 Å². The van der Waals surface area contributed by atoms with E-state index in [0.717, 1.165) is 5.56 Å². The number of aromatic nitrogens is 3. The maximum atomic E-state index is 12.3. The highest BCUT2D eigenvalue weighted by Crippen LogP contribution is 2.31. The average Bonchev–Trinajstić information content (AvgIpc) is 3.24. The first-order valence-corrected chi connectivity index (χ1v) is 8.93. The highest BCUT2D eigenvalue weighted by Gasteiger charge is 2.13. The van der Waals surface area contributed by atoms with Crippen LogP contribution in [0, 0.1) is 0 Å². The molecular weight excluding hydrogens is 388 g/mol. The Bertz CT molecular complexity index is 1040. The number of nitrogens with one attached hydrogen (secondary N) is 2. The van der Waals surface area contributed by atoms with E-state index in [1.807, 2.05) is 0 Å². The number of nitrogens with zero attached hydrogens (tertiary/aromatic N) is 2. The minimum atomic E-state index is -0.385. The molecule has 0 atom stereocenters.